The molecule has 1 heterocycles. The van der Waals surface area contributed by atoms with Gasteiger partial charge < -0.3 is 4.74 Å². The maximum Gasteiger partial charge on any atom is 0.306 e. The molecule has 1 aliphatic heterocycles. The van der Waals surface area contributed by atoms with Crippen LogP contribution in [0.25, 0.3) is 0 Å². The molecule has 18 heavy (non-hydrogen) atoms. The van der Waals surface area contributed by atoms with Gasteiger partial charge in [-0.25, -0.2) is 0 Å². The Labute approximate surface area is 112 Å². The molecule has 0 N–H and O–H groups in total. The number of carbonyl (C=O) groups is 1. The first kappa shape index (κ1) is 15.3. The maximum absolute atomic E-state index is 10.9. The standard InChI is InChI=1S/C16H28O2/c1-2-3-4-5-6-7-8-9-10-11-12-15-13-14-16(17)18-15/h9-10,15H,2-8,11-14H2,1H3. The van der Waals surface area contributed by atoms with E-state index in [4.69, 9.17) is 4.74 Å². The lowest BCUT2D eigenvalue weighted by atomic mass is 10.1. The average molecular weight is 252 g/mol. The fourth-order valence-corrected chi connectivity index (χ4v) is 2.35. The number of unbranched alkanes of at least 4 members (excludes halogenated alkanes) is 6. The molecule has 1 unspecified atom stereocenters. The monoisotopic (exact) mass is 252 g/mol. The molecular weight excluding hydrogens is 224 g/mol. The first-order valence-electron chi connectivity index (χ1n) is 7.67. The van der Waals surface area contributed by atoms with E-state index in [1.165, 1.54) is 44.9 Å². The molecule has 2 nitrogen and oxygen atoms in total. The van der Waals surface area contributed by atoms with Crippen molar-refractivity contribution in [3.8, 4) is 0 Å². The van der Waals surface area contributed by atoms with Crippen molar-refractivity contribution in [2.45, 2.75) is 83.7 Å². The van der Waals surface area contributed by atoms with E-state index in [9.17, 15) is 4.79 Å². The second-order valence-corrected chi connectivity index (χ2v) is 5.26. The predicted molar refractivity (Wildman–Crippen MR) is 75.5 cm³/mol. The largest absolute Gasteiger partial charge is 0.462 e. The predicted octanol–water partition coefficient (Wildman–Crippen LogP) is 4.78. The van der Waals surface area contributed by atoms with Crippen LogP contribution in [0.3, 0.4) is 0 Å². The normalized spacial score (nSPS) is 19.6. The Kier molecular flexibility index (Phi) is 8.62. The van der Waals surface area contributed by atoms with E-state index < -0.39 is 0 Å². The molecular formula is C16H28O2. The number of cyclic esters (lactones) is 1. The Balaban J connectivity index is 1.84. The number of hydrogen-bond acceptors (Lipinski definition) is 2. The van der Waals surface area contributed by atoms with E-state index in [2.05, 4.69) is 19.1 Å². The van der Waals surface area contributed by atoms with Crippen LogP contribution in [-0.4, -0.2) is 12.1 Å². The van der Waals surface area contributed by atoms with Gasteiger partial charge in [-0.15, -0.1) is 0 Å². The van der Waals surface area contributed by atoms with Gasteiger partial charge in [0.25, 0.3) is 0 Å². The van der Waals surface area contributed by atoms with E-state index in [-0.39, 0.29) is 12.1 Å². The molecule has 0 aromatic rings. The summed E-state index contributed by atoms with van der Waals surface area (Å²) < 4.78 is 5.17. The molecule has 1 aliphatic rings. The smallest absolute Gasteiger partial charge is 0.306 e. The van der Waals surface area contributed by atoms with Crippen LogP contribution in [0.1, 0.15) is 77.6 Å². The number of allylic oxidation sites excluding steroid dienone is 2. The van der Waals surface area contributed by atoms with Crippen LogP contribution in [0.2, 0.25) is 0 Å². The molecule has 0 radical (unpaired) electrons. The van der Waals surface area contributed by atoms with Crippen molar-refractivity contribution >= 4 is 5.97 Å². The van der Waals surface area contributed by atoms with Crippen LogP contribution >= 0.6 is 0 Å². The molecule has 0 amide bonds. The molecule has 0 aromatic heterocycles. The summed E-state index contributed by atoms with van der Waals surface area (Å²) >= 11 is 0. The van der Waals surface area contributed by atoms with Gasteiger partial charge in [-0.2, -0.15) is 0 Å². The Hall–Kier alpha value is -0.790. The molecule has 0 saturated carbocycles. The number of rotatable bonds is 10. The van der Waals surface area contributed by atoms with E-state index in [0.29, 0.717) is 6.42 Å². The average Bonchev–Trinajstić information content (AvgIpc) is 2.77. The number of hydrogen-bond donors (Lipinski definition) is 0. The fraction of sp³-hybridized carbons (Fsp3) is 0.812. The molecule has 0 spiro atoms. The van der Waals surface area contributed by atoms with E-state index in [1.807, 2.05) is 0 Å². The lowest BCUT2D eigenvalue weighted by molar-refractivity contribution is -0.141. The van der Waals surface area contributed by atoms with E-state index in [0.717, 1.165) is 19.3 Å². The molecule has 1 rings (SSSR count). The van der Waals surface area contributed by atoms with Gasteiger partial charge >= 0.3 is 5.97 Å². The van der Waals surface area contributed by atoms with Gasteiger partial charge in [0.1, 0.15) is 6.10 Å². The molecule has 2 heteroatoms. The van der Waals surface area contributed by atoms with Crippen molar-refractivity contribution in [1.29, 1.82) is 0 Å². The van der Waals surface area contributed by atoms with Crippen LogP contribution in [-0.2, 0) is 9.53 Å². The van der Waals surface area contributed by atoms with Gasteiger partial charge in [-0.3, -0.25) is 4.79 Å². The Morgan fingerprint density at radius 1 is 1.11 bits per heavy atom. The zero-order valence-corrected chi connectivity index (χ0v) is 11.8. The highest BCUT2D eigenvalue weighted by Gasteiger charge is 2.21. The van der Waals surface area contributed by atoms with Crippen molar-refractivity contribution < 1.29 is 9.53 Å². The molecule has 0 bridgehead atoms. The van der Waals surface area contributed by atoms with Crippen molar-refractivity contribution in [3.63, 3.8) is 0 Å². The van der Waals surface area contributed by atoms with Crippen LogP contribution in [0.5, 0.6) is 0 Å². The summed E-state index contributed by atoms with van der Waals surface area (Å²) in [5.74, 6) is -0.0175. The van der Waals surface area contributed by atoms with Gasteiger partial charge in [-0.1, -0.05) is 51.2 Å². The maximum atomic E-state index is 10.9. The summed E-state index contributed by atoms with van der Waals surface area (Å²) in [7, 11) is 0. The third-order valence-electron chi connectivity index (χ3n) is 3.51. The minimum atomic E-state index is -0.0175. The third-order valence-corrected chi connectivity index (χ3v) is 3.51. The van der Waals surface area contributed by atoms with Gasteiger partial charge in [-0.05, 0) is 32.1 Å². The SMILES string of the molecule is CCCCCCCCC=CCCC1CCC(=O)O1. The molecule has 1 atom stereocenters. The minimum Gasteiger partial charge on any atom is -0.462 e. The molecule has 1 fully saturated rings. The number of ether oxygens (including phenoxy) is 1. The van der Waals surface area contributed by atoms with Gasteiger partial charge in [0.05, 0.1) is 0 Å². The minimum absolute atomic E-state index is 0.0175. The second-order valence-electron chi connectivity index (χ2n) is 5.26. The van der Waals surface area contributed by atoms with Crippen LogP contribution in [0.15, 0.2) is 12.2 Å². The highest BCUT2D eigenvalue weighted by molar-refractivity contribution is 5.71. The second kappa shape index (κ2) is 10.2. The van der Waals surface area contributed by atoms with Gasteiger partial charge in [0.15, 0.2) is 0 Å². The first-order chi connectivity index (χ1) is 8.83. The third kappa shape index (κ3) is 7.52. The van der Waals surface area contributed by atoms with Crippen molar-refractivity contribution in [2.75, 3.05) is 0 Å². The lowest BCUT2D eigenvalue weighted by Crippen LogP contribution is -2.05. The highest BCUT2D eigenvalue weighted by atomic mass is 16.5. The zero-order valence-electron chi connectivity index (χ0n) is 11.8. The summed E-state index contributed by atoms with van der Waals surface area (Å²) in [6.07, 6.45) is 17.7. The van der Waals surface area contributed by atoms with Gasteiger partial charge in [0, 0.05) is 6.42 Å². The van der Waals surface area contributed by atoms with E-state index in [1.54, 1.807) is 0 Å². The fourth-order valence-electron chi connectivity index (χ4n) is 2.35. The summed E-state index contributed by atoms with van der Waals surface area (Å²) in [6.45, 7) is 2.25. The van der Waals surface area contributed by atoms with Crippen LogP contribution in [0.4, 0.5) is 0 Å². The Morgan fingerprint density at radius 2 is 1.83 bits per heavy atom. The molecule has 0 aromatic carbocycles. The summed E-state index contributed by atoms with van der Waals surface area (Å²) in [6, 6.07) is 0. The first-order valence-corrected chi connectivity index (χ1v) is 7.67. The van der Waals surface area contributed by atoms with E-state index >= 15 is 0 Å². The molecule has 1 saturated heterocycles. The van der Waals surface area contributed by atoms with Crippen molar-refractivity contribution in [2.24, 2.45) is 0 Å². The quantitative estimate of drug-likeness (QED) is 0.318. The van der Waals surface area contributed by atoms with Crippen LogP contribution < -0.4 is 0 Å². The zero-order chi connectivity index (χ0) is 13.1. The Bertz CT molecular complexity index is 245. The summed E-state index contributed by atoms with van der Waals surface area (Å²) in [5, 5.41) is 0. The summed E-state index contributed by atoms with van der Waals surface area (Å²) in [4.78, 5) is 10.9. The highest BCUT2D eigenvalue weighted by Crippen LogP contribution is 2.18. The topological polar surface area (TPSA) is 26.3 Å². The van der Waals surface area contributed by atoms with Crippen LogP contribution in [0, 0.1) is 0 Å². The van der Waals surface area contributed by atoms with Crippen molar-refractivity contribution in [1.82, 2.24) is 0 Å². The summed E-state index contributed by atoms with van der Waals surface area (Å²) in [5.41, 5.74) is 0. The van der Waals surface area contributed by atoms with Crippen molar-refractivity contribution in [3.05, 3.63) is 12.2 Å². The number of carbonyl (C=O) groups excluding carboxylic acids is 1. The van der Waals surface area contributed by atoms with Gasteiger partial charge in [0.2, 0.25) is 0 Å². The molecule has 0 aliphatic carbocycles. The Morgan fingerprint density at radius 3 is 2.56 bits per heavy atom. The number of esters is 1. The molecule has 104 valence electrons. The lowest BCUT2D eigenvalue weighted by Gasteiger charge is -2.05.